The minimum Gasteiger partial charge on any atom is -0.544 e. The summed E-state index contributed by atoms with van der Waals surface area (Å²) in [7, 11) is 1.35. The summed E-state index contributed by atoms with van der Waals surface area (Å²) in [6.07, 6.45) is 1.75. The molecule has 530 valence electrons. The number of carbonyl (C=O) groups excluding carboxylic acids is 3. The molecule has 107 heavy (non-hydrogen) atoms. The minimum atomic E-state index is -1.15. The maximum absolute atomic E-state index is 13.0. The van der Waals surface area contributed by atoms with Crippen LogP contribution in [0.15, 0.2) is 301 Å². The Morgan fingerprint density at radius 3 is 1.44 bits per heavy atom. The molecule has 0 unspecified atom stereocenters. The number of nitrogens with zero attached hydrogens (tertiary/aromatic N) is 2. The van der Waals surface area contributed by atoms with E-state index in [0.717, 1.165) is 81.7 Å². The van der Waals surface area contributed by atoms with Gasteiger partial charge in [-0.15, -0.1) is 56.7 Å². The van der Waals surface area contributed by atoms with Crippen LogP contribution in [0.2, 0.25) is 0 Å². The number of anilines is 3. The van der Waals surface area contributed by atoms with Gasteiger partial charge in [-0.1, -0.05) is 243 Å². The molecule has 1 saturated carbocycles. The molecule has 1 amide bonds. The summed E-state index contributed by atoms with van der Waals surface area (Å²) < 4.78 is 16.5. The van der Waals surface area contributed by atoms with Gasteiger partial charge >= 0.3 is 64.3 Å². The number of methoxy groups -OCH3 is 1. The second-order valence-electron chi connectivity index (χ2n) is 23.7. The number of hydrogen-bond donors (Lipinski definition) is 4. The number of carboxylic acid groups (broad SMARTS) is 2. The van der Waals surface area contributed by atoms with E-state index in [1.807, 2.05) is 261 Å². The van der Waals surface area contributed by atoms with Crippen LogP contribution in [0.3, 0.4) is 0 Å². The number of esters is 1. The second-order valence-corrected chi connectivity index (χ2v) is 29.0. The zero-order chi connectivity index (χ0) is 74.1. The van der Waals surface area contributed by atoms with Crippen LogP contribution in [0.5, 0.6) is 0 Å². The van der Waals surface area contributed by atoms with Gasteiger partial charge in [0, 0.05) is 36.8 Å². The van der Waals surface area contributed by atoms with Gasteiger partial charge in [-0.3, -0.25) is 14.3 Å². The predicted octanol–water partition coefficient (Wildman–Crippen LogP) is 14.2. The summed E-state index contributed by atoms with van der Waals surface area (Å²) in [6, 6.07) is 87.0. The third-order valence-electron chi connectivity index (χ3n) is 16.4. The number of carboxylic acids is 2. The number of benzene rings is 8. The molecule has 7 aromatic heterocycles. The van der Waals surface area contributed by atoms with Crippen molar-refractivity contribution in [3.05, 3.63) is 346 Å². The summed E-state index contributed by atoms with van der Waals surface area (Å²) in [6.45, 7) is 1.32. The SMILES string of the molecule is COC(=O)c1sc(-c2ccccc2)cc1N.O=C(O)c1sc(-c2ccccc2)cc1N(Cc1ccccc1)C(=O)C1CC1.O=C([O-])c1sc(-c2ccccc2)cc1NCc1ccccc1.O=c1[nH]c2cc(-c3ccccc3)sc2c(=O)o1.O=c1oc(=O)n(Cc2ccccc2)c2cc(-c3ccccc3)sc12.[Na+]. The summed E-state index contributed by atoms with van der Waals surface area (Å²) >= 11 is 6.45. The first kappa shape index (κ1) is 76.7. The molecular formula is C83H64N5NaO13S5. The molecule has 7 heterocycles. The number of rotatable bonds is 17. The number of carbonyl (C=O) groups is 4. The van der Waals surface area contributed by atoms with Crippen LogP contribution in [0.4, 0.5) is 17.1 Å². The van der Waals surface area contributed by atoms with Crippen LogP contribution in [0.25, 0.3) is 72.6 Å². The number of nitrogens with two attached hydrogens (primary N) is 1. The maximum atomic E-state index is 13.0. The Morgan fingerprint density at radius 2 is 0.953 bits per heavy atom. The first-order chi connectivity index (χ1) is 51.5. The number of aromatic nitrogens is 2. The molecule has 15 aromatic rings. The Bertz CT molecular complexity index is 5770. The van der Waals surface area contributed by atoms with Crippen LogP contribution in [0.1, 0.15) is 58.5 Å². The van der Waals surface area contributed by atoms with Crippen LogP contribution in [-0.4, -0.2) is 45.6 Å². The number of ether oxygens (including phenoxy) is 1. The number of thiophene rings is 5. The molecule has 0 aliphatic heterocycles. The van der Waals surface area contributed by atoms with Crippen molar-refractivity contribution in [3.8, 4) is 52.2 Å². The second kappa shape index (κ2) is 36.6. The molecule has 0 atom stereocenters. The van der Waals surface area contributed by atoms with Crippen molar-refractivity contribution in [2.24, 2.45) is 5.92 Å². The predicted molar refractivity (Wildman–Crippen MR) is 422 cm³/mol. The van der Waals surface area contributed by atoms with Crippen LogP contribution in [-0.2, 0) is 29.2 Å². The first-order valence-corrected chi connectivity index (χ1v) is 37.1. The third-order valence-corrected chi connectivity index (χ3v) is 22.2. The molecule has 8 aromatic carbocycles. The Labute approximate surface area is 654 Å². The molecule has 5 N–H and O–H groups in total. The Balaban J connectivity index is 0.000000135. The van der Waals surface area contributed by atoms with Crippen molar-refractivity contribution in [1.29, 1.82) is 0 Å². The number of fused-ring (bicyclic) bond motifs is 2. The Morgan fingerprint density at radius 1 is 0.533 bits per heavy atom. The zero-order valence-electron chi connectivity index (χ0n) is 57.5. The first-order valence-electron chi connectivity index (χ1n) is 33.0. The normalized spacial score (nSPS) is 11.2. The van der Waals surface area contributed by atoms with Crippen molar-refractivity contribution in [3.63, 3.8) is 0 Å². The van der Waals surface area contributed by atoms with E-state index in [-0.39, 0.29) is 57.1 Å². The molecule has 16 rings (SSSR count). The molecule has 1 aliphatic rings. The van der Waals surface area contributed by atoms with Gasteiger partial charge in [-0.25, -0.2) is 28.8 Å². The van der Waals surface area contributed by atoms with E-state index in [2.05, 4.69) is 19.5 Å². The standard InChI is InChI=1S/C22H19NO3S.C19H13NO3S.C18H15NO2S.C12H7NO3S.C12H11NO2S.Na/c24-21(17-11-12-17)23(14-15-7-3-1-4-8-15)18-13-19(27-20(18)22(25)26)16-9-5-2-6-10-16;21-18-17-15(11-16(24-17)14-9-5-2-6-10-14)20(19(22)23-18)12-13-7-3-1-4-8-13;20-18(21)17-15(19-12-13-7-3-1-4-8-13)11-16(22-17)14-9-5-2-6-10-14;14-11-10-8(13-12(15)16-11)6-9(17-10)7-4-2-1-3-5-7;1-15-12(14)11-9(13)7-10(16-11)8-5-3-2-4-6-8;/h1-10,13,17H,11-12,14H2,(H,25,26);1-11H,12H2;1-11,19H,12H2,(H,20,21);1-6H,(H,13,15);2-7H,13H2,1H3;/q;;;;;+1/p-1. The van der Waals surface area contributed by atoms with E-state index in [4.69, 9.17) is 10.2 Å². The molecule has 0 spiro atoms. The number of H-pyrrole nitrogens is 1. The molecular weight excluding hydrogens is 1460 g/mol. The number of nitrogen functional groups attached to an aromatic ring is 1. The topological polar surface area (TPSA) is 277 Å². The van der Waals surface area contributed by atoms with Crippen molar-refractivity contribution < 1.29 is 72.5 Å². The van der Waals surface area contributed by atoms with E-state index < -0.39 is 34.7 Å². The molecule has 0 saturated heterocycles. The van der Waals surface area contributed by atoms with Crippen molar-refractivity contribution in [2.75, 3.05) is 23.1 Å². The number of aromatic carboxylic acids is 2. The quantitative estimate of drug-likeness (QED) is 0.0487. The molecule has 0 bridgehead atoms. The summed E-state index contributed by atoms with van der Waals surface area (Å²) in [5, 5.41) is 24.3. The molecule has 18 nitrogen and oxygen atoms in total. The smallest absolute Gasteiger partial charge is 0.544 e. The van der Waals surface area contributed by atoms with Crippen molar-refractivity contribution in [1.82, 2.24) is 9.55 Å². The van der Waals surface area contributed by atoms with Crippen molar-refractivity contribution >= 4 is 118 Å². The minimum absolute atomic E-state index is 0. The molecule has 1 aliphatic carbocycles. The van der Waals surface area contributed by atoms with Gasteiger partial charge in [0.25, 0.3) is 0 Å². The molecule has 0 radical (unpaired) electrons. The average molecular weight is 1520 g/mol. The fraction of sp³-hybridized carbons (Fsp3) is 0.0843. The van der Waals surface area contributed by atoms with E-state index in [9.17, 15) is 48.6 Å². The third kappa shape index (κ3) is 19.8. The number of aromatic amines is 1. The monoisotopic (exact) mass is 1520 g/mol. The Hall–Kier alpha value is -11.4. The van der Waals surface area contributed by atoms with Gasteiger partial charge in [-0.05, 0) is 87.7 Å². The van der Waals surface area contributed by atoms with E-state index in [1.54, 1.807) is 17.0 Å². The largest absolute Gasteiger partial charge is 1.00 e. The van der Waals surface area contributed by atoms with E-state index in [0.29, 0.717) is 62.0 Å². The summed E-state index contributed by atoms with van der Waals surface area (Å²) in [5.41, 5.74) is 15.4. The van der Waals surface area contributed by atoms with Crippen LogP contribution < -0.4 is 73.4 Å². The van der Waals surface area contributed by atoms with Crippen LogP contribution in [0, 0.1) is 5.92 Å². The molecule has 1 fully saturated rings. The fourth-order valence-corrected chi connectivity index (χ4v) is 16.0. The van der Waals surface area contributed by atoms with Gasteiger partial charge in [-0.2, -0.15) is 0 Å². The Kier molecular flexibility index (Phi) is 26.2. The van der Waals surface area contributed by atoms with E-state index >= 15 is 0 Å². The number of amides is 1. The average Bonchev–Trinajstić information content (AvgIpc) is 1.66. The van der Waals surface area contributed by atoms with Crippen LogP contribution >= 0.6 is 56.7 Å². The van der Waals surface area contributed by atoms with Gasteiger partial charge in [0.05, 0.1) is 59.1 Å². The van der Waals surface area contributed by atoms with Gasteiger partial charge in [0.2, 0.25) is 5.91 Å². The van der Waals surface area contributed by atoms with Gasteiger partial charge in [0.1, 0.15) is 19.2 Å². The number of nitrogens with one attached hydrogen (secondary N) is 2. The zero-order valence-corrected chi connectivity index (χ0v) is 63.5. The summed E-state index contributed by atoms with van der Waals surface area (Å²) in [5.74, 6) is -3.87. The fourth-order valence-electron chi connectivity index (χ4n) is 11.0. The number of hydrogen-bond acceptors (Lipinski definition) is 19. The summed E-state index contributed by atoms with van der Waals surface area (Å²) in [4.78, 5) is 104. The molecule has 24 heteroatoms. The van der Waals surface area contributed by atoms with Crippen molar-refractivity contribution in [2.45, 2.75) is 32.5 Å². The van der Waals surface area contributed by atoms with Gasteiger partial charge in [0.15, 0.2) is 0 Å². The maximum Gasteiger partial charge on any atom is 1.00 e. The van der Waals surface area contributed by atoms with E-state index in [1.165, 1.54) is 68.4 Å². The van der Waals surface area contributed by atoms with Gasteiger partial charge < -0.3 is 44.5 Å².